The van der Waals surface area contributed by atoms with Gasteiger partial charge in [-0.1, -0.05) is 15.9 Å². The van der Waals surface area contributed by atoms with Crippen molar-refractivity contribution in [1.82, 2.24) is 0 Å². The van der Waals surface area contributed by atoms with Crippen molar-refractivity contribution in [2.75, 3.05) is 20.0 Å². The minimum Gasteiger partial charge on any atom is -0.496 e. The molecule has 1 saturated heterocycles. The lowest BCUT2D eigenvalue weighted by molar-refractivity contribution is -0.142. The smallest absolute Gasteiger partial charge is 0.312 e. The maximum atomic E-state index is 11.8. The molecule has 1 aliphatic heterocycles. The number of halogens is 1. The van der Waals surface area contributed by atoms with E-state index in [4.69, 9.17) is 9.47 Å². The van der Waals surface area contributed by atoms with Crippen molar-refractivity contribution >= 4 is 45.5 Å². The highest BCUT2D eigenvalue weighted by atomic mass is 79.9. The zero-order valence-electron chi connectivity index (χ0n) is 12.6. The fourth-order valence-electron chi connectivity index (χ4n) is 2.23. The van der Waals surface area contributed by atoms with Gasteiger partial charge in [-0.15, -0.1) is 11.8 Å². The zero-order chi connectivity index (χ0) is 16.3. The first kappa shape index (κ1) is 17.1. The number of thioether (sulfide) groups is 1. The van der Waals surface area contributed by atoms with Gasteiger partial charge in [-0.05, 0) is 30.7 Å². The van der Waals surface area contributed by atoms with E-state index in [2.05, 4.69) is 15.9 Å². The molecule has 1 fully saturated rings. The van der Waals surface area contributed by atoms with Crippen molar-refractivity contribution in [2.24, 2.45) is 0 Å². The van der Waals surface area contributed by atoms with E-state index in [1.54, 1.807) is 25.8 Å². The topological polar surface area (TPSA) is 52.6 Å². The summed E-state index contributed by atoms with van der Waals surface area (Å²) in [6.07, 6.45) is 2.45. The molecule has 0 N–H and O–H groups in total. The summed E-state index contributed by atoms with van der Waals surface area (Å²) in [5.41, 5.74) is 1.60. The molecule has 6 heteroatoms. The van der Waals surface area contributed by atoms with Crippen molar-refractivity contribution in [2.45, 2.75) is 19.3 Å². The first-order valence-electron chi connectivity index (χ1n) is 6.81. The van der Waals surface area contributed by atoms with Crippen LogP contribution in [0, 0.1) is 0 Å². The summed E-state index contributed by atoms with van der Waals surface area (Å²) in [6, 6.07) is 3.68. The number of hydrogen-bond acceptors (Lipinski definition) is 5. The lowest BCUT2D eigenvalue weighted by Crippen LogP contribution is -2.12. The number of allylic oxidation sites excluding steroid dienone is 1. The zero-order valence-corrected chi connectivity index (χ0v) is 15.0. The van der Waals surface area contributed by atoms with E-state index in [-0.39, 0.29) is 11.8 Å². The minimum absolute atomic E-state index is 0.169. The van der Waals surface area contributed by atoms with Gasteiger partial charge >= 0.3 is 5.97 Å². The normalized spacial score (nSPS) is 17.6. The third-order valence-electron chi connectivity index (χ3n) is 3.52. The van der Waals surface area contributed by atoms with Crippen molar-refractivity contribution in [1.29, 1.82) is 0 Å². The summed E-state index contributed by atoms with van der Waals surface area (Å²) in [7, 11) is 2.92. The van der Waals surface area contributed by atoms with Crippen LogP contribution >= 0.6 is 27.7 Å². The van der Waals surface area contributed by atoms with Crippen LogP contribution in [0.3, 0.4) is 0 Å². The quantitative estimate of drug-likeness (QED) is 0.583. The van der Waals surface area contributed by atoms with Gasteiger partial charge in [0.05, 0.1) is 25.0 Å². The molecule has 4 nitrogen and oxygen atoms in total. The summed E-state index contributed by atoms with van der Waals surface area (Å²) in [5.74, 6) is 0.848. The number of ether oxygens (including phenoxy) is 2. The van der Waals surface area contributed by atoms with E-state index in [0.29, 0.717) is 12.2 Å². The number of benzene rings is 1. The second-order valence-electron chi connectivity index (χ2n) is 4.89. The average molecular weight is 385 g/mol. The molecule has 1 aliphatic rings. The Hall–Kier alpha value is -1.27. The molecule has 0 bridgehead atoms. The Morgan fingerprint density at radius 3 is 2.68 bits per heavy atom. The fraction of sp³-hybridized carbons (Fsp3) is 0.375. The van der Waals surface area contributed by atoms with Gasteiger partial charge in [0.2, 0.25) is 0 Å². The lowest BCUT2D eigenvalue weighted by atomic mass is 9.98. The Labute approximate surface area is 142 Å². The first-order chi connectivity index (χ1) is 10.5. The van der Waals surface area contributed by atoms with E-state index in [0.717, 1.165) is 26.3 Å². The molecule has 1 heterocycles. The van der Waals surface area contributed by atoms with Gasteiger partial charge in [-0.3, -0.25) is 9.59 Å². The third-order valence-corrected chi connectivity index (χ3v) is 5.27. The van der Waals surface area contributed by atoms with Crippen LogP contribution in [-0.2, 0) is 14.3 Å². The van der Waals surface area contributed by atoms with Crippen molar-refractivity contribution in [3.05, 3.63) is 32.6 Å². The average Bonchev–Trinajstić information content (AvgIpc) is 2.92. The largest absolute Gasteiger partial charge is 0.496 e. The van der Waals surface area contributed by atoms with Gasteiger partial charge in [0.15, 0.2) is 5.78 Å². The maximum absolute atomic E-state index is 11.8. The molecule has 0 amide bonds. The highest BCUT2D eigenvalue weighted by Gasteiger charge is 2.22. The number of esters is 1. The van der Waals surface area contributed by atoms with Crippen LogP contribution < -0.4 is 4.74 Å². The second-order valence-corrected chi connectivity index (χ2v) is 6.88. The van der Waals surface area contributed by atoms with Gasteiger partial charge < -0.3 is 9.47 Å². The summed E-state index contributed by atoms with van der Waals surface area (Å²) in [6.45, 7) is 1.77. The summed E-state index contributed by atoms with van der Waals surface area (Å²) in [4.78, 5) is 24.3. The van der Waals surface area contributed by atoms with E-state index >= 15 is 0 Å². The molecule has 0 radical (unpaired) electrons. The number of methoxy groups -OCH3 is 2. The van der Waals surface area contributed by atoms with Gasteiger partial charge in [-0.2, -0.15) is 0 Å². The Morgan fingerprint density at radius 1 is 1.41 bits per heavy atom. The fourth-order valence-corrected chi connectivity index (χ4v) is 3.69. The Balaban J connectivity index is 2.43. The Kier molecular flexibility index (Phi) is 5.69. The Morgan fingerprint density at radius 2 is 2.14 bits per heavy atom. The third kappa shape index (κ3) is 3.55. The molecule has 0 saturated carbocycles. The molecule has 1 unspecified atom stereocenters. The van der Waals surface area contributed by atoms with Gasteiger partial charge in [-0.25, -0.2) is 0 Å². The van der Waals surface area contributed by atoms with Gasteiger partial charge in [0.25, 0.3) is 0 Å². The lowest BCUT2D eigenvalue weighted by Gasteiger charge is -2.16. The van der Waals surface area contributed by atoms with Crippen LogP contribution in [0.5, 0.6) is 5.75 Å². The van der Waals surface area contributed by atoms with E-state index in [1.807, 2.05) is 18.2 Å². The van der Waals surface area contributed by atoms with Crippen molar-refractivity contribution in [3.63, 3.8) is 0 Å². The molecule has 0 spiro atoms. The number of ketones is 1. The molecular weight excluding hydrogens is 368 g/mol. The second kappa shape index (κ2) is 7.33. The first-order valence-corrected chi connectivity index (χ1v) is 8.58. The molecule has 0 aromatic heterocycles. The van der Waals surface area contributed by atoms with Crippen LogP contribution in [0.2, 0.25) is 0 Å². The van der Waals surface area contributed by atoms with E-state index in [9.17, 15) is 9.59 Å². The van der Waals surface area contributed by atoms with Crippen molar-refractivity contribution < 1.29 is 19.1 Å². The standard InChI is InChI=1S/C16H17BrO4S/c1-9(16(19)21-3)11-8-12(17)10(6-14(11)20-2)7-15-13(18)4-5-22-15/h6-9H,4-5H2,1-3H3. The molecule has 1 aromatic rings. The predicted octanol–water partition coefficient (Wildman–Crippen LogP) is 3.78. The van der Waals surface area contributed by atoms with Crippen LogP contribution in [0.25, 0.3) is 6.08 Å². The number of Topliss-reactive ketones (excluding diaryl/α,β-unsaturated/α-hetero) is 1. The number of hydrogen-bond donors (Lipinski definition) is 0. The molecule has 1 aromatic carbocycles. The SMILES string of the molecule is COC(=O)C(C)c1cc(Br)c(C=C2SCCC2=O)cc1OC. The van der Waals surface area contributed by atoms with Crippen LogP contribution in [0.1, 0.15) is 30.4 Å². The number of carbonyl (C=O) groups excluding carboxylic acids is 2. The van der Waals surface area contributed by atoms with E-state index < -0.39 is 5.92 Å². The predicted molar refractivity (Wildman–Crippen MR) is 91.2 cm³/mol. The summed E-state index contributed by atoms with van der Waals surface area (Å²) < 4.78 is 11.0. The highest BCUT2D eigenvalue weighted by Crippen LogP contribution is 2.36. The summed E-state index contributed by atoms with van der Waals surface area (Å²) in [5, 5.41) is 0. The number of rotatable bonds is 4. The molecular formula is C16H17BrO4S. The molecule has 22 heavy (non-hydrogen) atoms. The minimum atomic E-state index is -0.430. The molecule has 118 valence electrons. The summed E-state index contributed by atoms with van der Waals surface area (Å²) >= 11 is 5.07. The molecule has 0 aliphatic carbocycles. The van der Waals surface area contributed by atoms with Crippen LogP contribution in [0.4, 0.5) is 0 Å². The van der Waals surface area contributed by atoms with Crippen molar-refractivity contribution in [3.8, 4) is 5.75 Å². The number of carbonyl (C=O) groups is 2. The van der Waals surface area contributed by atoms with Gasteiger partial charge in [0.1, 0.15) is 5.75 Å². The van der Waals surface area contributed by atoms with E-state index in [1.165, 1.54) is 7.11 Å². The van der Waals surface area contributed by atoms with Gasteiger partial charge in [0, 0.05) is 22.2 Å². The monoisotopic (exact) mass is 384 g/mol. The molecule has 1 atom stereocenters. The van der Waals surface area contributed by atoms with Crippen LogP contribution in [-0.4, -0.2) is 31.7 Å². The van der Waals surface area contributed by atoms with Crippen LogP contribution in [0.15, 0.2) is 21.5 Å². The maximum Gasteiger partial charge on any atom is 0.312 e. The highest BCUT2D eigenvalue weighted by molar-refractivity contribution is 9.10. The molecule has 2 rings (SSSR count). The Bertz CT molecular complexity index is 639.